The third-order valence-electron chi connectivity index (χ3n) is 4.21. The summed E-state index contributed by atoms with van der Waals surface area (Å²) in [6, 6.07) is 2.05. The highest BCUT2D eigenvalue weighted by Gasteiger charge is 2.21. The molecule has 0 aromatic carbocycles. The highest BCUT2D eigenvalue weighted by atomic mass is 16.2. The number of carbonyl (C=O) groups excluding carboxylic acids is 1. The summed E-state index contributed by atoms with van der Waals surface area (Å²) in [5.41, 5.74) is 2.20. The van der Waals surface area contributed by atoms with Crippen LogP contribution in [0.3, 0.4) is 0 Å². The van der Waals surface area contributed by atoms with Crippen molar-refractivity contribution < 1.29 is 4.79 Å². The Kier molecular flexibility index (Phi) is 3.49. The van der Waals surface area contributed by atoms with Crippen molar-refractivity contribution in [1.82, 2.24) is 35.7 Å². The first kappa shape index (κ1) is 13.9. The molecule has 3 aromatic heterocycles. The second kappa shape index (κ2) is 5.79. The van der Waals surface area contributed by atoms with Crippen LogP contribution in [-0.4, -0.2) is 42.3 Å². The van der Waals surface area contributed by atoms with E-state index in [-0.39, 0.29) is 11.9 Å². The summed E-state index contributed by atoms with van der Waals surface area (Å²) in [6.45, 7) is 0. The highest BCUT2D eigenvalue weighted by molar-refractivity contribution is 6.03. The second-order valence-electron chi connectivity index (χ2n) is 5.80. The summed E-state index contributed by atoms with van der Waals surface area (Å²) in [5.74, 6) is 0.219. The predicted molar refractivity (Wildman–Crippen MR) is 83.6 cm³/mol. The maximum Gasteiger partial charge on any atom is 0.272 e. The molecular formula is C15H17N7O. The van der Waals surface area contributed by atoms with E-state index in [2.05, 4.69) is 35.7 Å². The summed E-state index contributed by atoms with van der Waals surface area (Å²) < 4.78 is 0. The van der Waals surface area contributed by atoms with Crippen molar-refractivity contribution >= 4 is 16.9 Å². The predicted octanol–water partition coefficient (Wildman–Crippen LogP) is 1.81. The zero-order chi connectivity index (χ0) is 15.6. The van der Waals surface area contributed by atoms with Crippen molar-refractivity contribution in [3.05, 3.63) is 24.2 Å². The quantitative estimate of drug-likeness (QED) is 0.683. The van der Waals surface area contributed by atoms with Gasteiger partial charge in [-0.05, 0) is 18.9 Å². The molecule has 0 saturated heterocycles. The number of fused-ring (bicyclic) bond motifs is 1. The number of aromatic amines is 2. The molecular weight excluding hydrogens is 294 g/mol. The molecule has 0 radical (unpaired) electrons. The lowest BCUT2D eigenvalue weighted by Crippen LogP contribution is -2.36. The van der Waals surface area contributed by atoms with Gasteiger partial charge in [0, 0.05) is 12.2 Å². The van der Waals surface area contributed by atoms with Gasteiger partial charge in [-0.15, -0.1) is 0 Å². The minimum atomic E-state index is -0.170. The Balaban J connectivity index is 1.69. The first-order valence-electron chi connectivity index (χ1n) is 7.83. The SMILES string of the molecule is O=C(NC1CCCCC1)c1nc(-c2cn[nH]n2)nc2cc[nH]c12. The third-order valence-corrected chi connectivity index (χ3v) is 4.21. The van der Waals surface area contributed by atoms with Crippen LogP contribution in [0.5, 0.6) is 0 Å². The first-order chi connectivity index (χ1) is 11.3. The van der Waals surface area contributed by atoms with Crippen molar-refractivity contribution in [2.75, 3.05) is 0 Å². The molecule has 3 heterocycles. The van der Waals surface area contributed by atoms with E-state index in [1.54, 1.807) is 6.20 Å². The molecule has 0 unspecified atom stereocenters. The summed E-state index contributed by atoms with van der Waals surface area (Å²) in [6.07, 6.45) is 8.92. The third kappa shape index (κ3) is 2.67. The van der Waals surface area contributed by atoms with Crippen LogP contribution in [0, 0.1) is 0 Å². The van der Waals surface area contributed by atoms with Crippen molar-refractivity contribution in [3.63, 3.8) is 0 Å². The zero-order valence-electron chi connectivity index (χ0n) is 12.5. The van der Waals surface area contributed by atoms with Crippen LogP contribution < -0.4 is 5.32 Å². The number of nitrogens with one attached hydrogen (secondary N) is 3. The van der Waals surface area contributed by atoms with E-state index in [9.17, 15) is 4.79 Å². The van der Waals surface area contributed by atoms with Crippen LogP contribution in [0.25, 0.3) is 22.6 Å². The van der Waals surface area contributed by atoms with Crippen molar-refractivity contribution in [3.8, 4) is 11.5 Å². The van der Waals surface area contributed by atoms with Gasteiger partial charge in [-0.3, -0.25) is 4.79 Å². The van der Waals surface area contributed by atoms with Crippen LogP contribution in [0.2, 0.25) is 0 Å². The van der Waals surface area contributed by atoms with Gasteiger partial charge in [0.25, 0.3) is 5.91 Å². The Labute approximate surface area is 132 Å². The second-order valence-corrected chi connectivity index (χ2v) is 5.80. The number of carbonyl (C=O) groups is 1. The van der Waals surface area contributed by atoms with E-state index in [0.717, 1.165) is 25.7 Å². The number of rotatable bonds is 3. The van der Waals surface area contributed by atoms with E-state index in [1.165, 1.54) is 12.6 Å². The largest absolute Gasteiger partial charge is 0.358 e. The van der Waals surface area contributed by atoms with Crippen LogP contribution >= 0.6 is 0 Å². The number of amides is 1. The number of nitrogens with zero attached hydrogens (tertiary/aromatic N) is 4. The fourth-order valence-electron chi connectivity index (χ4n) is 3.03. The van der Waals surface area contributed by atoms with Gasteiger partial charge in [-0.1, -0.05) is 19.3 Å². The van der Waals surface area contributed by atoms with Gasteiger partial charge in [-0.25, -0.2) is 9.97 Å². The Hall–Kier alpha value is -2.77. The highest BCUT2D eigenvalue weighted by Crippen LogP contribution is 2.21. The molecule has 0 bridgehead atoms. The number of H-pyrrole nitrogens is 2. The smallest absolute Gasteiger partial charge is 0.272 e. The number of aromatic nitrogens is 6. The molecule has 0 spiro atoms. The minimum absolute atomic E-state index is 0.170. The van der Waals surface area contributed by atoms with Gasteiger partial charge in [0.05, 0.1) is 17.2 Å². The molecule has 1 amide bonds. The van der Waals surface area contributed by atoms with Gasteiger partial charge in [0.2, 0.25) is 0 Å². The Morgan fingerprint density at radius 2 is 2.09 bits per heavy atom. The molecule has 1 saturated carbocycles. The van der Waals surface area contributed by atoms with Gasteiger partial charge in [0.1, 0.15) is 5.69 Å². The number of hydrogen-bond donors (Lipinski definition) is 3. The average Bonchev–Trinajstić information content (AvgIpc) is 3.26. The molecule has 8 nitrogen and oxygen atoms in total. The van der Waals surface area contributed by atoms with Crippen LogP contribution in [0.15, 0.2) is 18.5 Å². The van der Waals surface area contributed by atoms with Gasteiger partial charge >= 0.3 is 0 Å². The molecule has 23 heavy (non-hydrogen) atoms. The average molecular weight is 311 g/mol. The Morgan fingerprint density at radius 3 is 2.87 bits per heavy atom. The summed E-state index contributed by atoms with van der Waals surface area (Å²) >= 11 is 0. The van der Waals surface area contributed by atoms with Gasteiger partial charge in [0.15, 0.2) is 11.5 Å². The molecule has 8 heteroatoms. The molecule has 0 aliphatic heterocycles. The number of hydrogen-bond acceptors (Lipinski definition) is 5. The molecule has 118 valence electrons. The monoisotopic (exact) mass is 311 g/mol. The van der Waals surface area contributed by atoms with Gasteiger partial charge in [-0.2, -0.15) is 15.4 Å². The normalized spacial score (nSPS) is 15.8. The molecule has 4 rings (SSSR count). The topological polar surface area (TPSA) is 112 Å². The standard InChI is InChI=1S/C15H17N7O/c23-15(18-9-4-2-1-3-5-9)13-12-10(6-7-16-12)19-14(20-13)11-8-17-22-21-11/h6-9,16H,1-5H2,(H,18,23)(H,17,21,22). The van der Waals surface area contributed by atoms with E-state index < -0.39 is 0 Å². The lowest BCUT2D eigenvalue weighted by atomic mass is 9.95. The Bertz CT molecular complexity index is 818. The lowest BCUT2D eigenvalue weighted by molar-refractivity contribution is 0.0924. The maximum absolute atomic E-state index is 12.7. The van der Waals surface area contributed by atoms with Crippen LogP contribution in [-0.2, 0) is 0 Å². The fourth-order valence-corrected chi connectivity index (χ4v) is 3.03. The van der Waals surface area contributed by atoms with E-state index in [0.29, 0.717) is 28.2 Å². The summed E-state index contributed by atoms with van der Waals surface area (Å²) in [4.78, 5) is 24.6. The molecule has 3 N–H and O–H groups in total. The van der Waals surface area contributed by atoms with Crippen molar-refractivity contribution in [2.24, 2.45) is 0 Å². The van der Waals surface area contributed by atoms with E-state index >= 15 is 0 Å². The molecule has 1 aliphatic rings. The van der Waals surface area contributed by atoms with Crippen molar-refractivity contribution in [2.45, 2.75) is 38.1 Å². The molecule has 1 aliphatic carbocycles. The fraction of sp³-hybridized carbons (Fsp3) is 0.400. The Morgan fingerprint density at radius 1 is 1.22 bits per heavy atom. The van der Waals surface area contributed by atoms with Crippen LogP contribution in [0.4, 0.5) is 0 Å². The maximum atomic E-state index is 12.7. The molecule has 0 atom stereocenters. The zero-order valence-corrected chi connectivity index (χ0v) is 12.5. The summed E-state index contributed by atoms with van der Waals surface area (Å²) in [5, 5.41) is 13.4. The van der Waals surface area contributed by atoms with E-state index in [4.69, 9.17) is 0 Å². The van der Waals surface area contributed by atoms with E-state index in [1.807, 2.05) is 6.07 Å². The lowest BCUT2D eigenvalue weighted by Gasteiger charge is -2.22. The van der Waals surface area contributed by atoms with Crippen LogP contribution in [0.1, 0.15) is 42.6 Å². The van der Waals surface area contributed by atoms with Gasteiger partial charge < -0.3 is 10.3 Å². The first-order valence-corrected chi connectivity index (χ1v) is 7.83. The minimum Gasteiger partial charge on any atom is -0.358 e. The molecule has 1 fully saturated rings. The molecule has 3 aromatic rings. The van der Waals surface area contributed by atoms with Crippen molar-refractivity contribution in [1.29, 1.82) is 0 Å². The summed E-state index contributed by atoms with van der Waals surface area (Å²) in [7, 11) is 0.